The summed E-state index contributed by atoms with van der Waals surface area (Å²) < 4.78 is 4.37. The molecule has 104 valence electrons. The molecule has 2 nitrogen and oxygen atoms in total. The monoisotopic (exact) mass is 268 g/mol. The molecule has 0 aromatic carbocycles. The number of carbonyl (C=O) groups is 1. The highest BCUT2D eigenvalue weighted by molar-refractivity contribution is 5.38. The average molecular weight is 268 g/mol. The highest BCUT2D eigenvalue weighted by atomic mass is 16.5. The lowest BCUT2D eigenvalue weighted by Gasteiger charge is -1.78. The number of allylic oxidation sites excluding steroid dienone is 15. The summed E-state index contributed by atoms with van der Waals surface area (Å²) >= 11 is 0. The molecule has 0 unspecified atom stereocenters. The number of ether oxygens (including phenoxy) is 1. The number of rotatable bonds is 9. The lowest BCUT2D eigenvalue weighted by atomic mass is 10.3. The van der Waals surface area contributed by atoms with Gasteiger partial charge in [-0.15, -0.1) is 0 Å². The molecule has 0 aliphatic carbocycles. The summed E-state index contributed by atoms with van der Waals surface area (Å²) in [5.41, 5.74) is 0. The van der Waals surface area contributed by atoms with E-state index in [0.29, 0.717) is 6.47 Å². The summed E-state index contributed by atoms with van der Waals surface area (Å²) in [5.74, 6) is 0. The molecule has 0 aromatic heterocycles. The van der Waals surface area contributed by atoms with E-state index >= 15 is 0 Å². The number of hydrogen-bond acceptors (Lipinski definition) is 2. The molecular formula is C18H20O2. The largest absolute Gasteiger partial charge is 0.437 e. The lowest BCUT2D eigenvalue weighted by molar-refractivity contribution is -0.123. The van der Waals surface area contributed by atoms with Crippen LogP contribution in [0.2, 0.25) is 0 Å². The van der Waals surface area contributed by atoms with E-state index in [1.54, 1.807) is 12.2 Å². The Bertz CT molecular complexity index is 456. The molecule has 0 atom stereocenters. The summed E-state index contributed by atoms with van der Waals surface area (Å²) in [7, 11) is 0. The van der Waals surface area contributed by atoms with Crippen LogP contribution in [-0.4, -0.2) is 6.47 Å². The Labute approximate surface area is 121 Å². The molecule has 0 spiro atoms. The van der Waals surface area contributed by atoms with Crippen LogP contribution in [0.15, 0.2) is 97.4 Å². The fraction of sp³-hybridized carbons (Fsp3) is 0.0556. The van der Waals surface area contributed by atoms with Crippen molar-refractivity contribution in [3.05, 3.63) is 97.4 Å². The van der Waals surface area contributed by atoms with Crippen molar-refractivity contribution < 1.29 is 9.53 Å². The predicted molar refractivity (Wildman–Crippen MR) is 85.9 cm³/mol. The van der Waals surface area contributed by atoms with Crippen molar-refractivity contribution in [2.45, 2.75) is 6.92 Å². The predicted octanol–water partition coefficient (Wildman–Crippen LogP) is 4.59. The van der Waals surface area contributed by atoms with Gasteiger partial charge in [0, 0.05) is 0 Å². The SMILES string of the molecule is CC=CC=CC=CC=CC=CC=CC=CC=COC=O. The topological polar surface area (TPSA) is 26.3 Å². The van der Waals surface area contributed by atoms with Crippen LogP contribution in [0.4, 0.5) is 0 Å². The maximum absolute atomic E-state index is 9.81. The van der Waals surface area contributed by atoms with Gasteiger partial charge in [0.25, 0.3) is 6.47 Å². The molecule has 0 saturated heterocycles. The van der Waals surface area contributed by atoms with Crippen molar-refractivity contribution in [2.75, 3.05) is 0 Å². The molecule has 0 N–H and O–H groups in total. The zero-order valence-electron chi connectivity index (χ0n) is 11.6. The molecule has 0 aliphatic rings. The Kier molecular flexibility index (Phi) is 14.3. The second-order valence-electron chi connectivity index (χ2n) is 3.40. The van der Waals surface area contributed by atoms with E-state index in [0.717, 1.165) is 0 Å². The number of hydrogen-bond donors (Lipinski definition) is 0. The number of carbonyl (C=O) groups excluding carboxylic acids is 1. The molecule has 0 heterocycles. The molecule has 0 radical (unpaired) electrons. The summed E-state index contributed by atoms with van der Waals surface area (Å²) in [4.78, 5) is 9.81. The summed E-state index contributed by atoms with van der Waals surface area (Å²) in [6.07, 6.45) is 30.0. The van der Waals surface area contributed by atoms with Gasteiger partial charge in [0.15, 0.2) is 0 Å². The third kappa shape index (κ3) is 15.4. The van der Waals surface area contributed by atoms with Crippen LogP contribution in [0, 0.1) is 0 Å². The first-order valence-corrected chi connectivity index (χ1v) is 6.28. The minimum atomic E-state index is 0.375. The van der Waals surface area contributed by atoms with Gasteiger partial charge in [-0.3, -0.25) is 4.79 Å². The van der Waals surface area contributed by atoms with Crippen molar-refractivity contribution >= 4 is 6.47 Å². The van der Waals surface area contributed by atoms with Crippen molar-refractivity contribution in [3.63, 3.8) is 0 Å². The Morgan fingerprint density at radius 1 is 0.550 bits per heavy atom. The van der Waals surface area contributed by atoms with E-state index in [-0.39, 0.29) is 0 Å². The second-order valence-corrected chi connectivity index (χ2v) is 3.40. The van der Waals surface area contributed by atoms with Crippen LogP contribution < -0.4 is 0 Å². The first-order valence-electron chi connectivity index (χ1n) is 6.28. The van der Waals surface area contributed by atoms with Crippen LogP contribution in [0.5, 0.6) is 0 Å². The van der Waals surface area contributed by atoms with Gasteiger partial charge in [-0.25, -0.2) is 0 Å². The van der Waals surface area contributed by atoms with E-state index in [2.05, 4.69) is 4.74 Å². The fourth-order valence-corrected chi connectivity index (χ4v) is 1.00. The molecular weight excluding hydrogens is 248 g/mol. The summed E-state index contributed by atoms with van der Waals surface area (Å²) in [6.45, 7) is 2.36. The standard InChI is InChI=1S/C18H20O2/c1-2-3-4-5-6-7-8-9-10-11-12-13-14-15-16-17-20-18-19/h2-18H,1H3. The molecule has 0 aliphatic heterocycles. The van der Waals surface area contributed by atoms with Gasteiger partial charge in [0.05, 0.1) is 6.26 Å². The Balaban J connectivity index is 3.82. The quantitative estimate of drug-likeness (QED) is 0.347. The molecule has 0 fully saturated rings. The average Bonchev–Trinajstić information content (AvgIpc) is 2.47. The van der Waals surface area contributed by atoms with E-state index in [1.165, 1.54) is 6.26 Å². The molecule has 2 heteroatoms. The maximum Gasteiger partial charge on any atom is 0.297 e. The molecule has 0 amide bonds. The third-order valence-corrected chi connectivity index (χ3v) is 1.85. The molecule has 0 saturated carbocycles. The molecule has 0 aromatic rings. The fourth-order valence-electron chi connectivity index (χ4n) is 1.00. The van der Waals surface area contributed by atoms with Crippen molar-refractivity contribution in [1.29, 1.82) is 0 Å². The van der Waals surface area contributed by atoms with E-state index < -0.39 is 0 Å². The van der Waals surface area contributed by atoms with E-state index in [1.807, 2.05) is 85.9 Å². The first-order chi connectivity index (χ1) is 9.91. The summed E-state index contributed by atoms with van der Waals surface area (Å²) in [5, 5.41) is 0. The van der Waals surface area contributed by atoms with Gasteiger partial charge in [0.1, 0.15) is 0 Å². The Morgan fingerprint density at radius 3 is 1.25 bits per heavy atom. The highest BCUT2D eigenvalue weighted by Crippen LogP contribution is 1.86. The van der Waals surface area contributed by atoms with E-state index in [4.69, 9.17) is 0 Å². The van der Waals surface area contributed by atoms with E-state index in [9.17, 15) is 4.79 Å². The Hall–Kier alpha value is -2.61. The molecule has 0 bridgehead atoms. The van der Waals surface area contributed by atoms with Crippen LogP contribution >= 0.6 is 0 Å². The van der Waals surface area contributed by atoms with Crippen LogP contribution in [0.1, 0.15) is 6.92 Å². The van der Waals surface area contributed by atoms with Crippen molar-refractivity contribution in [1.82, 2.24) is 0 Å². The first kappa shape index (κ1) is 17.4. The van der Waals surface area contributed by atoms with Crippen molar-refractivity contribution in [3.8, 4) is 0 Å². The van der Waals surface area contributed by atoms with Gasteiger partial charge in [0.2, 0.25) is 0 Å². The smallest absolute Gasteiger partial charge is 0.297 e. The van der Waals surface area contributed by atoms with Gasteiger partial charge >= 0.3 is 0 Å². The normalized spacial score (nSPS) is 13.8. The maximum atomic E-state index is 9.81. The van der Waals surface area contributed by atoms with Crippen molar-refractivity contribution in [2.24, 2.45) is 0 Å². The third-order valence-electron chi connectivity index (χ3n) is 1.85. The van der Waals surface area contributed by atoms with Gasteiger partial charge in [-0.2, -0.15) is 0 Å². The van der Waals surface area contributed by atoms with Gasteiger partial charge < -0.3 is 4.74 Å². The van der Waals surface area contributed by atoms with Crippen LogP contribution in [0.25, 0.3) is 0 Å². The molecule has 20 heavy (non-hydrogen) atoms. The Morgan fingerprint density at radius 2 is 0.900 bits per heavy atom. The minimum absolute atomic E-state index is 0.375. The van der Waals surface area contributed by atoms with Gasteiger partial charge in [-0.1, -0.05) is 85.1 Å². The van der Waals surface area contributed by atoms with Crippen LogP contribution in [0.3, 0.4) is 0 Å². The second kappa shape index (κ2) is 16.4. The highest BCUT2D eigenvalue weighted by Gasteiger charge is 1.66. The zero-order chi connectivity index (χ0) is 14.7. The zero-order valence-corrected chi connectivity index (χ0v) is 11.6. The molecule has 0 rings (SSSR count). The van der Waals surface area contributed by atoms with Gasteiger partial charge in [-0.05, 0) is 13.0 Å². The lowest BCUT2D eigenvalue weighted by Crippen LogP contribution is -1.69. The minimum Gasteiger partial charge on any atom is -0.437 e. The summed E-state index contributed by atoms with van der Waals surface area (Å²) in [6, 6.07) is 0. The van der Waals surface area contributed by atoms with Crippen LogP contribution in [-0.2, 0) is 9.53 Å².